The monoisotopic (exact) mass is 426 g/mol. The zero-order valence-corrected chi connectivity index (χ0v) is 17.7. The van der Waals surface area contributed by atoms with Crippen LogP contribution in [0.3, 0.4) is 0 Å². The highest BCUT2D eigenvalue weighted by Gasteiger charge is 2.20. The van der Waals surface area contributed by atoms with Crippen molar-refractivity contribution in [2.75, 3.05) is 0 Å². The highest BCUT2D eigenvalue weighted by molar-refractivity contribution is 7.25. The molecule has 0 saturated carbocycles. The van der Waals surface area contributed by atoms with Crippen LogP contribution in [0.4, 0.5) is 0 Å². The molecule has 0 aliphatic heterocycles. The molecule has 0 aliphatic rings. The van der Waals surface area contributed by atoms with Crippen LogP contribution in [-0.2, 0) is 0 Å². The van der Waals surface area contributed by atoms with Gasteiger partial charge < -0.3 is 0 Å². The minimum Gasteiger partial charge on any atom is -0.236 e. The SMILES string of the molecule is c1ccc(-c2nc(-c3sc4ccccc4c3-c3nc4ccccc4s3)cs2)cc1. The summed E-state index contributed by atoms with van der Waals surface area (Å²) in [5.41, 5.74) is 4.45. The van der Waals surface area contributed by atoms with Crippen LogP contribution < -0.4 is 0 Å². The molecule has 0 bridgehead atoms. The molecule has 0 aliphatic carbocycles. The second-order valence-corrected chi connectivity index (χ2v) is 9.63. The van der Waals surface area contributed by atoms with Crippen LogP contribution in [0.2, 0.25) is 0 Å². The maximum atomic E-state index is 4.99. The standard InChI is InChI=1S/C24H14N2S3/c1-2-8-15(9-3-1)23-26-18(14-27-23)22-21(16-10-4-6-12-19(16)28-22)24-25-17-11-5-7-13-20(17)29-24/h1-14H. The number of para-hydroxylation sites is 1. The van der Waals surface area contributed by atoms with E-state index < -0.39 is 0 Å². The summed E-state index contributed by atoms with van der Waals surface area (Å²) in [4.78, 5) is 11.1. The van der Waals surface area contributed by atoms with Gasteiger partial charge in [-0.05, 0) is 18.2 Å². The van der Waals surface area contributed by atoms with Crippen LogP contribution in [0.15, 0.2) is 84.2 Å². The van der Waals surface area contributed by atoms with Crippen molar-refractivity contribution < 1.29 is 0 Å². The van der Waals surface area contributed by atoms with Crippen molar-refractivity contribution in [1.82, 2.24) is 9.97 Å². The van der Waals surface area contributed by atoms with E-state index >= 15 is 0 Å². The first-order valence-corrected chi connectivity index (χ1v) is 11.8. The first kappa shape index (κ1) is 17.0. The van der Waals surface area contributed by atoms with E-state index in [1.54, 1.807) is 34.0 Å². The number of nitrogens with zero attached hydrogens (tertiary/aromatic N) is 2. The molecule has 0 amide bonds. The van der Waals surface area contributed by atoms with Crippen molar-refractivity contribution in [2.45, 2.75) is 0 Å². The van der Waals surface area contributed by atoms with Crippen LogP contribution >= 0.6 is 34.0 Å². The number of rotatable bonds is 3. The van der Waals surface area contributed by atoms with Crippen molar-refractivity contribution in [2.24, 2.45) is 0 Å². The lowest BCUT2D eigenvalue weighted by atomic mass is 10.1. The van der Waals surface area contributed by atoms with E-state index in [1.165, 1.54) is 25.2 Å². The van der Waals surface area contributed by atoms with Crippen LogP contribution in [-0.4, -0.2) is 9.97 Å². The minimum absolute atomic E-state index is 1.03. The maximum absolute atomic E-state index is 4.99. The molecule has 6 rings (SSSR count). The van der Waals surface area contributed by atoms with Gasteiger partial charge >= 0.3 is 0 Å². The zero-order valence-electron chi connectivity index (χ0n) is 15.2. The van der Waals surface area contributed by atoms with Crippen LogP contribution in [0, 0.1) is 0 Å². The Hall–Kier alpha value is -2.86. The lowest BCUT2D eigenvalue weighted by molar-refractivity contribution is 1.42. The summed E-state index contributed by atoms with van der Waals surface area (Å²) in [5.74, 6) is 0. The van der Waals surface area contributed by atoms with E-state index in [2.05, 4.69) is 72.1 Å². The molecule has 2 nitrogen and oxygen atoms in total. The Morgan fingerprint density at radius 3 is 2.24 bits per heavy atom. The predicted molar refractivity (Wildman–Crippen MR) is 127 cm³/mol. The lowest BCUT2D eigenvalue weighted by Gasteiger charge is -1.99. The fourth-order valence-electron chi connectivity index (χ4n) is 3.51. The van der Waals surface area contributed by atoms with Gasteiger partial charge in [-0.1, -0.05) is 60.7 Å². The molecule has 29 heavy (non-hydrogen) atoms. The molecule has 0 spiro atoms. The van der Waals surface area contributed by atoms with Crippen molar-refractivity contribution in [3.63, 3.8) is 0 Å². The van der Waals surface area contributed by atoms with Gasteiger partial charge in [-0.3, -0.25) is 0 Å². The molecule has 0 fully saturated rings. The van der Waals surface area contributed by atoms with E-state index in [9.17, 15) is 0 Å². The molecule has 0 atom stereocenters. The van der Waals surface area contributed by atoms with Crippen molar-refractivity contribution in [3.05, 3.63) is 84.2 Å². The number of thiophene rings is 1. The van der Waals surface area contributed by atoms with E-state index in [0.29, 0.717) is 0 Å². The number of fused-ring (bicyclic) bond motifs is 2. The summed E-state index contributed by atoms with van der Waals surface area (Å²) >= 11 is 5.25. The summed E-state index contributed by atoms with van der Waals surface area (Å²) < 4.78 is 2.48. The Balaban J connectivity index is 1.58. The lowest BCUT2D eigenvalue weighted by Crippen LogP contribution is -1.81. The summed E-state index contributed by atoms with van der Waals surface area (Å²) in [7, 11) is 0. The zero-order chi connectivity index (χ0) is 19.2. The van der Waals surface area contributed by atoms with Gasteiger partial charge in [0.25, 0.3) is 0 Å². The molecule has 0 N–H and O–H groups in total. The third kappa shape index (κ3) is 2.90. The van der Waals surface area contributed by atoms with Crippen molar-refractivity contribution in [3.8, 4) is 31.7 Å². The number of aromatic nitrogens is 2. The second-order valence-electron chi connectivity index (χ2n) is 6.69. The number of benzene rings is 3. The average molecular weight is 427 g/mol. The van der Waals surface area contributed by atoms with Gasteiger partial charge in [0.15, 0.2) is 0 Å². The third-order valence-corrected chi connectivity index (χ3v) is 8.00. The molecule has 0 unspecified atom stereocenters. The molecule has 0 saturated heterocycles. The predicted octanol–water partition coefficient (Wildman–Crippen LogP) is 7.97. The Bertz CT molecular complexity index is 1420. The van der Waals surface area contributed by atoms with Crippen molar-refractivity contribution >= 4 is 54.3 Å². The summed E-state index contributed by atoms with van der Waals surface area (Å²) in [6.07, 6.45) is 0. The molecule has 5 heteroatoms. The molecule has 0 radical (unpaired) electrons. The van der Waals surface area contributed by atoms with Crippen LogP contribution in [0.25, 0.3) is 52.0 Å². The Morgan fingerprint density at radius 2 is 1.38 bits per heavy atom. The quantitative estimate of drug-likeness (QED) is 0.287. The van der Waals surface area contributed by atoms with E-state index in [-0.39, 0.29) is 0 Å². The Kier molecular flexibility index (Phi) is 4.04. The minimum atomic E-state index is 1.03. The topological polar surface area (TPSA) is 25.8 Å². The number of hydrogen-bond acceptors (Lipinski definition) is 5. The highest BCUT2D eigenvalue weighted by atomic mass is 32.1. The normalized spacial score (nSPS) is 11.4. The number of thiazole rings is 2. The van der Waals surface area contributed by atoms with Gasteiger partial charge in [-0.15, -0.1) is 34.0 Å². The van der Waals surface area contributed by atoms with E-state index in [0.717, 1.165) is 26.8 Å². The van der Waals surface area contributed by atoms with Gasteiger partial charge in [-0.2, -0.15) is 0 Å². The first-order chi connectivity index (χ1) is 14.4. The molecule has 138 valence electrons. The molecule has 3 aromatic heterocycles. The summed E-state index contributed by atoms with van der Waals surface area (Å²) in [6.45, 7) is 0. The van der Waals surface area contributed by atoms with Gasteiger partial charge in [0.1, 0.15) is 10.0 Å². The smallest absolute Gasteiger partial charge is 0.126 e. The molecule has 3 heterocycles. The van der Waals surface area contributed by atoms with Crippen molar-refractivity contribution in [1.29, 1.82) is 0 Å². The van der Waals surface area contributed by atoms with Gasteiger partial charge in [0.2, 0.25) is 0 Å². The second kappa shape index (κ2) is 6.88. The third-order valence-electron chi connectivity index (χ3n) is 4.86. The van der Waals surface area contributed by atoms with Gasteiger partial charge in [-0.25, -0.2) is 9.97 Å². The fraction of sp³-hybridized carbons (Fsp3) is 0. The Morgan fingerprint density at radius 1 is 0.621 bits per heavy atom. The van der Waals surface area contributed by atoms with E-state index in [4.69, 9.17) is 9.97 Å². The molecule has 3 aromatic carbocycles. The van der Waals surface area contributed by atoms with Crippen LogP contribution in [0.5, 0.6) is 0 Å². The summed E-state index contributed by atoms with van der Waals surface area (Å²) in [5, 5.41) is 5.53. The first-order valence-electron chi connectivity index (χ1n) is 9.25. The Labute approximate surface area is 179 Å². The van der Waals surface area contributed by atoms with Gasteiger partial charge in [0.05, 0.1) is 20.8 Å². The van der Waals surface area contributed by atoms with Gasteiger partial charge in [0, 0.05) is 26.6 Å². The largest absolute Gasteiger partial charge is 0.236 e. The molecule has 6 aromatic rings. The number of hydrogen-bond donors (Lipinski definition) is 0. The average Bonchev–Trinajstić information content (AvgIpc) is 3.49. The fourth-order valence-corrected chi connectivity index (χ4v) is 6.66. The molecular formula is C24H14N2S3. The van der Waals surface area contributed by atoms with Crippen LogP contribution in [0.1, 0.15) is 0 Å². The maximum Gasteiger partial charge on any atom is 0.126 e. The molecular weight excluding hydrogens is 412 g/mol. The summed E-state index contributed by atoms with van der Waals surface area (Å²) in [6, 6.07) is 27.3. The highest BCUT2D eigenvalue weighted by Crippen LogP contribution is 2.47. The van der Waals surface area contributed by atoms with E-state index in [1.807, 2.05) is 12.1 Å².